The minimum absolute atomic E-state index is 0.393. The van der Waals surface area contributed by atoms with Crippen LogP contribution in [0.5, 0.6) is 0 Å². The third kappa shape index (κ3) is 8.24. The van der Waals surface area contributed by atoms with Crippen LogP contribution in [0, 0.1) is 0 Å². The highest BCUT2D eigenvalue weighted by atomic mass is 32.1. The number of likely N-dealkylation sites (tertiary alicyclic amines) is 1. The molecule has 2 aromatic rings. The van der Waals surface area contributed by atoms with Gasteiger partial charge in [-0.15, -0.1) is 11.3 Å². The van der Waals surface area contributed by atoms with E-state index in [4.69, 9.17) is 4.74 Å². The number of piperidine rings is 1. The second-order valence-corrected chi connectivity index (χ2v) is 9.26. The molecule has 0 saturated carbocycles. The fraction of sp³-hybridized carbons (Fsp3) is 0.583. The Morgan fingerprint density at radius 2 is 2.00 bits per heavy atom. The number of benzene rings is 1. The first-order chi connectivity index (χ1) is 15.1. The largest absolute Gasteiger partial charge is 0.378 e. The first kappa shape index (κ1) is 23.7. The molecule has 170 valence electrons. The van der Waals surface area contributed by atoms with E-state index in [0.717, 1.165) is 63.7 Å². The zero-order valence-electron chi connectivity index (χ0n) is 19.1. The van der Waals surface area contributed by atoms with E-state index in [-0.39, 0.29) is 0 Å². The van der Waals surface area contributed by atoms with Gasteiger partial charge in [0.25, 0.3) is 0 Å². The van der Waals surface area contributed by atoms with E-state index in [2.05, 4.69) is 75.1 Å². The summed E-state index contributed by atoms with van der Waals surface area (Å²) in [5.41, 5.74) is 2.46. The number of hydrogen-bond donors (Lipinski definition) is 2. The Labute approximate surface area is 191 Å². The van der Waals surface area contributed by atoms with Gasteiger partial charge in [-0.2, -0.15) is 0 Å². The second kappa shape index (κ2) is 12.8. The van der Waals surface area contributed by atoms with Gasteiger partial charge in [-0.05, 0) is 24.8 Å². The summed E-state index contributed by atoms with van der Waals surface area (Å²) in [7, 11) is 1.80. The normalized spacial score (nSPS) is 16.1. The first-order valence-corrected chi connectivity index (χ1v) is 12.3. The maximum Gasteiger partial charge on any atom is 0.191 e. The number of aliphatic imine (C=N–C) groups is 1. The van der Waals surface area contributed by atoms with Gasteiger partial charge in [-0.25, -0.2) is 4.98 Å². The fourth-order valence-corrected chi connectivity index (χ4v) is 4.50. The van der Waals surface area contributed by atoms with E-state index in [1.807, 2.05) is 0 Å². The van der Waals surface area contributed by atoms with Crippen molar-refractivity contribution in [3.8, 4) is 0 Å². The van der Waals surface area contributed by atoms with Crippen molar-refractivity contribution < 1.29 is 4.74 Å². The highest BCUT2D eigenvalue weighted by molar-refractivity contribution is 7.09. The van der Waals surface area contributed by atoms with Crippen molar-refractivity contribution in [2.45, 2.75) is 58.2 Å². The zero-order valence-corrected chi connectivity index (χ0v) is 20.0. The topological polar surface area (TPSA) is 61.8 Å². The number of thiazole rings is 1. The molecule has 7 heteroatoms. The number of nitrogens with zero attached hydrogens (tertiary/aromatic N) is 3. The van der Waals surface area contributed by atoms with Crippen molar-refractivity contribution in [1.82, 2.24) is 20.5 Å². The van der Waals surface area contributed by atoms with Crippen molar-refractivity contribution in [3.05, 3.63) is 52.0 Å². The molecule has 2 heterocycles. The summed E-state index contributed by atoms with van der Waals surface area (Å²) in [5.74, 6) is 1.29. The Morgan fingerprint density at radius 1 is 1.23 bits per heavy atom. The molecule has 31 heavy (non-hydrogen) atoms. The molecule has 1 aliphatic rings. The molecule has 1 fully saturated rings. The molecule has 1 aliphatic heterocycles. The fourth-order valence-electron chi connectivity index (χ4n) is 3.67. The molecular weight excluding hydrogens is 406 g/mol. The SMILES string of the molecule is CN=C(NCCCOC1CCN(Cc2ccccc2)CC1)NCc1csc(C(C)C)n1. The smallest absolute Gasteiger partial charge is 0.191 e. The first-order valence-electron chi connectivity index (χ1n) is 11.4. The molecule has 2 N–H and O–H groups in total. The van der Waals surface area contributed by atoms with Gasteiger partial charge < -0.3 is 15.4 Å². The molecule has 1 aromatic carbocycles. The van der Waals surface area contributed by atoms with Gasteiger partial charge in [0.2, 0.25) is 0 Å². The van der Waals surface area contributed by atoms with Crippen LogP contribution in [0.4, 0.5) is 0 Å². The standard InChI is InChI=1S/C24H37N5OS/c1-19(2)23-28-21(18-31-23)16-27-24(25-3)26-12-7-15-30-22-10-13-29(14-11-22)17-20-8-5-4-6-9-20/h4-6,8-9,18-19,22H,7,10-17H2,1-3H3,(H2,25,26,27). The van der Waals surface area contributed by atoms with Crippen molar-refractivity contribution in [1.29, 1.82) is 0 Å². The van der Waals surface area contributed by atoms with E-state index in [0.29, 0.717) is 18.6 Å². The number of guanidine groups is 1. The van der Waals surface area contributed by atoms with Crippen molar-refractivity contribution >= 4 is 17.3 Å². The summed E-state index contributed by atoms with van der Waals surface area (Å²) in [6.07, 6.45) is 3.61. The molecule has 0 aliphatic carbocycles. The average Bonchev–Trinajstić information content (AvgIpc) is 3.27. The van der Waals surface area contributed by atoms with Gasteiger partial charge in [-0.3, -0.25) is 9.89 Å². The summed E-state index contributed by atoms with van der Waals surface area (Å²) in [4.78, 5) is 11.5. The molecule has 6 nitrogen and oxygen atoms in total. The van der Waals surface area contributed by atoms with Crippen LogP contribution in [0.25, 0.3) is 0 Å². The maximum absolute atomic E-state index is 6.12. The van der Waals surface area contributed by atoms with Gasteiger partial charge in [-0.1, -0.05) is 44.2 Å². The number of aromatic nitrogens is 1. The Kier molecular flexibility index (Phi) is 9.78. The number of nitrogens with one attached hydrogen (secondary N) is 2. The van der Waals surface area contributed by atoms with E-state index >= 15 is 0 Å². The maximum atomic E-state index is 6.12. The van der Waals surface area contributed by atoms with Crippen LogP contribution in [0.15, 0.2) is 40.7 Å². The van der Waals surface area contributed by atoms with Crippen LogP contribution in [-0.4, -0.2) is 55.2 Å². The Morgan fingerprint density at radius 3 is 2.68 bits per heavy atom. The minimum Gasteiger partial charge on any atom is -0.378 e. The van der Waals surface area contributed by atoms with Crippen LogP contribution in [0.3, 0.4) is 0 Å². The van der Waals surface area contributed by atoms with Crippen LogP contribution in [0.2, 0.25) is 0 Å². The zero-order chi connectivity index (χ0) is 21.9. The third-order valence-electron chi connectivity index (χ3n) is 5.47. The Bertz CT molecular complexity index is 784. The summed E-state index contributed by atoms with van der Waals surface area (Å²) in [5, 5.41) is 10.0. The van der Waals surface area contributed by atoms with E-state index in [1.54, 1.807) is 18.4 Å². The molecule has 0 amide bonds. The monoisotopic (exact) mass is 443 g/mol. The molecular formula is C24H37N5OS. The van der Waals surface area contributed by atoms with Gasteiger partial charge in [0.05, 0.1) is 23.4 Å². The third-order valence-corrected chi connectivity index (χ3v) is 6.67. The molecule has 0 unspecified atom stereocenters. The molecule has 0 bridgehead atoms. The van der Waals surface area contributed by atoms with E-state index < -0.39 is 0 Å². The molecule has 0 atom stereocenters. The Hall–Kier alpha value is -1.96. The van der Waals surface area contributed by atoms with Crippen LogP contribution >= 0.6 is 11.3 Å². The lowest BCUT2D eigenvalue weighted by Crippen LogP contribution is -2.38. The molecule has 0 radical (unpaired) electrons. The quantitative estimate of drug-likeness (QED) is 0.330. The summed E-state index contributed by atoms with van der Waals surface area (Å²) in [6, 6.07) is 10.7. The van der Waals surface area contributed by atoms with Crippen LogP contribution in [-0.2, 0) is 17.8 Å². The summed E-state index contributed by atoms with van der Waals surface area (Å²) in [6.45, 7) is 9.95. The number of rotatable bonds is 10. The van der Waals surface area contributed by atoms with Crippen molar-refractivity contribution in [2.75, 3.05) is 33.3 Å². The minimum atomic E-state index is 0.393. The van der Waals surface area contributed by atoms with Gasteiger partial charge >= 0.3 is 0 Å². The van der Waals surface area contributed by atoms with Gasteiger partial charge in [0.15, 0.2) is 5.96 Å². The van der Waals surface area contributed by atoms with Crippen molar-refractivity contribution in [3.63, 3.8) is 0 Å². The molecule has 1 saturated heterocycles. The van der Waals surface area contributed by atoms with Crippen molar-refractivity contribution in [2.24, 2.45) is 4.99 Å². The Balaban J connectivity index is 1.24. The van der Waals surface area contributed by atoms with Gasteiger partial charge in [0.1, 0.15) is 0 Å². The lowest BCUT2D eigenvalue weighted by Gasteiger charge is -2.32. The molecule has 3 rings (SSSR count). The summed E-state index contributed by atoms with van der Waals surface area (Å²) >= 11 is 1.72. The lowest BCUT2D eigenvalue weighted by molar-refractivity contribution is 0.00534. The lowest BCUT2D eigenvalue weighted by atomic mass is 10.1. The highest BCUT2D eigenvalue weighted by Gasteiger charge is 2.19. The average molecular weight is 444 g/mol. The number of hydrogen-bond acceptors (Lipinski definition) is 5. The predicted octanol–water partition coefficient (Wildman–Crippen LogP) is 4.00. The summed E-state index contributed by atoms with van der Waals surface area (Å²) < 4.78 is 6.12. The predicted molar refractivity (Wildman–Crippen MR) is 130 cm³/mol. The second-order valence-electron chi connectivity index (χ2n) is 8.37. The van der Waals surface area contributed by atoms with E-state index in [9.17, 15) is 0 Å². The highest BCUT2D eigenvalue weighted by Crippen LogP contribution is 2.19. The number of ether oxygens (including phenoxy) is 1. The van der Waals surface area contributed by atoms with Gasteiger partial charge in [0, 0.05) is 51.1 Å². The molecule has 0 spiro atoms. The van der Waals surface area contributed by atoms with Crippen LogP contribution in [0.1, 0.15) is 55.3 Å². The van der Waals surface area contributed by atoms with Crippen LogP contribution < -0.4 is 10.6 Å². The molecule has 1 aromatic heterocycles. The van der Waals surface area contributed by atoms with E-state index in [1.165, 1.54) is 10.6 Å².